The summed E-state index contributed by atoms with van der Waals surface area (Å²) in [5.41, 5.74) is 1.23. The van der Waals surface area contributed by atoms with Gasteiger partial charge in [0.25, 0.3) is 0 Å². The number of benzene rings is 1. The molecule has 126 valence electrons. The molecule has 1 saturated carbocycles. The van der Waals surface area contributed by atoms with Crippen molar-refractivity contribution in [1.82, 2.24) is 0 Å². The third-order valence-corrected chi connectivity index (χ3v) is 4.73. The van der Waals surface area contributed by atoms with E-state index in [1.165, 1.54) is 18.9 Å². The Balaban J connectivity index is 1.63. The number of rotatable bonds is 4. The molecule has 23 heavy (non-hydrogen) atoms. The van der Waals surface area contributed by atoms with Crippen LogP contribution in [-0.2, 0) is 14.3 Å². The molecule has 1 aromatic carbocycles. The fourth-order valence-electron chi connectivity index (χ4n) is 3.58. The van der Waals surface area contributed by atoms with E-state index in [0.29, 0.717) is 5.92 Å². The van der Waals surface area contributed by atoms with E-state index in [2.05, 4.69) is 12.1 Å². The van der Waals surface area contributed by atoms with Gasteiger partial charge >= 0.3 is 5.97 Å². The molecule has 0 amide bonds. The van der Waals surface area contributed by atoms with E-state index in [9.17, 15) is 4.79 Å². The first-order valence-electron chi connectivity index (χ1n) is 8.78. The van der Waals surface area contributed by atoms with Gasteiger partial charge in [0.1, 0.15) is 11.9 Å². The molecule has 0 bridgehead atoms. The van der Waals surface area contributed by atoms with Crippen LogP contribution in [0.3, 0.4) is 0 Å². The lowest BCUT2D eigenvalue weighted by molar-refractivity contribution is -0.148. The minimum atomic E-state index is -0.184. The van der Waals surface area contributed by atoms with Crippen molar-refractivity contribution < 1.29 is 19.0 Å². The summed E-state index contributed by atoms with van der Waals surface area (Å²) in [7, 11) is 0. The maximum atomic E-state index is 11.3. The highest BCUT2D eigenvalue weighted by Crippen LogP contribution is 2.36. The standard InChI is InChI=1S/C19H26O4/c1-14(20)22-18-7-3-2-6-17(18)15-9-11-16(12-10-15)23-19-8-4-5-13-21-19/h9-12,17-19H,2-8,13H2,1H3/t17-,18+,19?/m1/s1. The summed E-state index contributed by atoms with van der Waals surface area (Å²) < 4.78 is 17.0. The summed E-state index contributed by atoms with van der Waals surface area (Å²) in [6, 6.07) is 8.22. The lowest BCUT2D eigenvalue weighted by Crippen LogP contribution is -2.28. The SMILES string of the molecule is CC(=O)O[C@H]1CCCC[C@@H]1c1ccc(OC2CCCCO2)cc1. The van der Waals surface area contributed by atoms with E-state index in [0.717, 1.165) is 50.9 Å². The molecule has 3 atom stereocenters. The molecule has 1 aliphatic heterocycles. The summed E-state index contributed by atoms with van der Waals surface area (Å²) in [6.45, 7) is 2.28. The topological polar surface area (TPSA) is 44.8 Å². The highest BCUT2D eigenvalue weighted by Gasteiger charge is 2.29. The normalized spacial score (nSPS) is 28.1. The van der Waals surface area contributed by atoms with E-state index in [1.54, 1.807) is 0 Å². The molecule has 4 heteroatoms. The van der Waals surface area contributed by atoms with Gasteiger partial charge in [0.05, 0.1) is 6.61 Å². The molecule has 4 nitrogen and oxygen atoms in total. The molecule has 1 saturated heterocycles. The first kappa shape index (κ1) is 16.3. The van der Waals surface area contributed by atoms with E-state index >= 15 is 0 Å². The number of carbonyl (C=O) groups is 1. The van der Waals surface area contributed by atoms with Crippen LogP contribution in [0.2, 0.25) is 0 Å². The lowest BCUT2D eigenvalue weighted by atomic mass is 9.81. The van der Waals surface area contributed by atoms with Crippen molar-refractivity contribution in [2.75, 3.05) is 6.61 Å². The smallest absolute Gasteiger partial charge is 0.302 e. The Kier molecular flexibility index (Phi) is 5.55. The molecule has 0 spiro atoms. The van der Waals surface area contributed by atoms with E-state index in [1.807, 2.05) is 12.1 Å². The van der Waals surface area contributed by atoms with Crippen LogP contribution in [0, 0.1) is 0 Å². The first-order chi connectivity index (χ1) is 11.2. The summed E-state index contributed by atoms with van der Waals surface area (Å²) >= 11 is 0. The molecule has 1 aliphatic carbocycles. The van der Waals surface area contributed by atoms with Gasteiger partial charge in [-0.2, -0.15) is 0 Å². The number of esters is 1. The summed E-state index contributed by atoms with van der Waals surface area (Å²) in [6.07, 6.45) is 7.49. The second kappa shape index (κ2) is 7.82. The molecular weight excluding hydrogens is 292 g/mol. The van der Waals surface area contributed by atoms with Gasteiger partial charge in [-0.3, -0.25) is 4.79 Å². The minimum absolute atomic E-state index is 0.00898. The van der Waals surface area contributed by atoms with Gasteiger partial charge in [-0.25, -0.2) is 0 Å². The van der Waals surface area contributed by atoms with E-state index in [4.69, 9.17) is 14.2 Å². The number of carbonyl (C=O) groups excluding carboxylic acids is 1. The molecule has 0 radical (unpaired) electrons. The molecule has 2 aliphatic rings. The molecule has 1 heterocycles. The largest absolute Gasteiger partial charge is 0.465 e. The Labute approximate surface area is 138 Å². The fourth-order valence-corrected chi connectivity index (χ4v) is 3.58. The second-order valence-electron chi connectivity index (χ2n) is 6.52. The molecular formula is C19H26O4. The quantitative estimate of drug-likeness (QED) is 0.781. The Morgan fingerprint density at radius 2 is 1.78 bits per heavy atom. The van der Waals surface area contributed by atoms with Crippen molar-refractivity contribution in [2.45, 2.75) is 70.2 Å². The average molecular weight is 318 g/mol. The first-order valence-corrected chi connectivity index (χ1v) is 8.78. The summed E-state index contributed by atoms with van der Waals surface area (Å²) in [4.78, 5) is 11.3. The maximum absolute atomic E-state index is 11.3. The fraction of sp³-hybridized carbons (Fsp3) is 0.632. The Bertz CT molecular complexity index is 505. The predicted molar refractivity (Wildman–Crippen MR) is 87.4 cm³/mol. The van der Waals surface area contributed by atoms with Crippen LogP contribution in [-0.4, -0.2) is 25.0 Å². The molecule has 2 fully saturated rings. The van der Waals surface area contributed by atoms with Crippen molar-refractivity contribution in [3.63, 3.8) is 0 Å². The zero-order chi connectivity index (χ0) is 16.1. The van der Waals surface area contributed by atoms with Gasteiger partial charge in [0.15, 0.2) is 6.29 Å². The molecule has 1 unspecified atom stereocenters. The lowest BCUT2D eigenvalue weighted by Gasteiger charge is -2.31. The van der Waals surface area contributed by atoms with Crippen molar-refractivity contribution in [2.24, 2.45) is 0 Å². The zero-order valence-electron chi connectivity index (χ0n) is 13.8. The predicted octanol–water partition coefficient (Wildman–Crippen LogP) is 4.18. The van der Waals surface area contributed by atoms with Crippen LogP contribution in [0.15, 0.2) is 24.3 Å². The summed E-state index contributed by atoms with van der Waals surface area (Å²) in [5, 5.41) is 0. The highest BCUT2D eigenvalue weighted by atomic mass is 16.7. The zero-order valence-corrected chi connectivity index (χ0v) is 13.8. The van der Waals surface area contributed by atoms with Crippen LogP contribution in [0.4, 0.5) is 0 Å². The molecule has 0 N–H and O–H groups in total. The summed E-state index contributed by atoms with van der Waals surface area (Å²) in [5.74, 6) is 0.962. The minimum Gasteiger partial charge on any atom is -0.465 e. The Morgan fingerprint density at radius 3 is 2.48 bits per heavy atom. The molecule has 1 aromatic rings. The molecule has 3 rings (SSSR count). The van der Waals surface area contributed by atoms with Crippen molar-refractivity contribution in [3.05, 3.63) is 29.8 Å². The van der Waals surface area contributed by atoms with Gasteiger partial charge in [0.2, 0.25) is 0 Å². The number of hydrogen-bond acceptors (Lipinski definition) is 4. The van der Waals surface area contributed by atoms with Crippen molar-refractivity contribution in [1.29, 1.82) is 0 Å². The Morgan fingerprint density at radius 1 is 1.04 bits per heavy atom. The third kappa shape index (κ3) is 4.47. The van der Waals surface area contributed by atoms with Gasteiger partial charge in [-0.05, 0) is 49.8 Å². The van der Waals surface area contributed by atoms with E-state index in [-0.39, 0.29) is 18.4 Å². The van der Waals surface area contributed by atoms with Crippen LogP contribution < -0.4 is 4.74 Å². The molecule has 0 aromatic heterocycles. The van der Waals surface area contributed by atoms with Crippen LogP contribution in [0.25, 0.3) is 0 Å². The third-order valence-electron chi connectivity index (χ3n) is 4.73. The highest BCUT2D eigenvalue weighted by molar-refractivity contribution is 5.66. The monoisotopic (exact) mass is 318 g/mol. The van der Waals surface area contributed by atoms with Gasteiger partial charge in [0, 0.05) is 19.3 Å². The van der Waals surface area contributed by atoms with Gasteiger partial charge in [-0.1, -0.05) is 18.6 Å². The number of ether oxygens (including phenoxy) is 3. The van der Waals surface area contributed by atoms with Crippen molar-refractivity contribution in [3.8, 4) is 5.75 Å². The van der Waals surface area contributed by atoms with Crippen LogP contribution in [0.5, 0.6) is 5.75 Å². The van der Waals surface area contributed by atoms with Gasteiger partial charge < -0.3 is 14.2 Å². The second-order valence-corrected chi connectivity index (χ2v) is 6.52. The van der Waals surface area contributed by atoms with Crippen molar-refractivity contribution >= 4 is 5.97 Å². The van der Waals surface area contributed by atoms with E-state index < -0.39 is 0 Å². The van der Waals surface area contributed by atoms with Crippen LogP contribution in [0.1, 0.15) is 63.4 Å². The Hall–Kier alpha value is -1.55. The number of hydrogen-bond donors (Lipinski definition) is 0. The maximum Gasteiger partial charge on any atom is 0.302 e. The average Bonchev–Trinajstić information content (AvgIpc) is 2.57. The van der Waals surface area contributed by atoms with Gasteiger partial charge in [-0.15, -0.1) is 0 Å². The van der Waals surface area contributed by atoms with Crippen LogP contribution >= 0.6 is 0 Å².